The molecule has 0 spiro atoms. The first-order chi connectivity index (χ1) is 17.2. The van der Waals surface area contributed by atoms with Crippen molar-refractivity contribution in [3.63, 3.8) is 0 Å². The first-order valence-electron chi connectivity index (χ1n) is 12.2. The summed E-state index contributed by atoms with van der Waals surface area (Å²) >= 11 is 1.92. The summed E-state index contributed by atoms with van der Waals surface area (Å²) in [5.41, 5.74) is 7.75. The molecule has 0 saturated carbocycles. The molecule has 3 heterocycles. The van der Waals surface area contributed by atoms with Crippen molar-refractivity contribution in [1.29, 1.82) is 0 Å². The molecule has 0 atom stereocenters. The van der Waals surface area contributed by atoms with Crippen LogP contribution in [0.25, 0.3) is 27.9 Å². The number of aromatic amines is 1. The van der Waals surface area contributed by atoms with Gasteiger partial charge in [0.2, 0.25) is 0 Å². The van der Waals surface area contributed by atoms with Crippen LogP contribution in [-0.2, 0) is 11.8 Å². The fourth-order valence-corrected chi connectivity index (χ4v) is 5.55. The minimum absolute atomic E-state index is 0.0169. The van der Waals surface area contributed by atoms with E-state index < -0.39 is 0 Å². The van der Waals surface area contributed by atoms with E-state index in [1.807, 2.05) is 43.0 Å². The van der Waals surface area contributed by atoms with E-state index in [0.29, 0.717) is 22.4 Å². The van der Waals surface area contributed by atoms with Gasteiger partial charge in [0.25, 0.3) is 0 Å². The Hall–Kier alpha value is -3.25. The first-order valence-corrected chi connectivity index (χ1v) is 13.4. The minimum atomic E-state index is -0.379. The number of H-pyrrole nitrogens is 1. The van der Waals surface area contributed by atoms with E-state index in [4.69, 9.17) is 0 Å². The van der Waals surface area contributed by atoms with E-state index in [2.05, 4.69) is 47.9 Å². The van der Waals surface area contributed by atoms with Gasteiger partial charge < -0.3 is 4.98 Å². The molecule has 0 aliphatic carbocycles. The lowest BCUT2D eigenvalue weighted by molar-refractivity contribution is 0.0992. The van der Waals surface area contributed by atoms with E-state index in [9.17, 15) is 9.18 Å². The average molecular weight is 500 g/mol. The summed E-state index contributed by atoms with van der Waals surface area (Å²) in [5, 5.41) is 0.857. The van der Waals surface area contributed by atoms with E-state index in [1.165, 1.54) is 29.6 Å². The van der Waals surface area contributed by atoms with Crippen LogP contribution in [0.1, 0.15) is 59.9 Å². The third-order valence-corrected chi connectivity index (χ3v) is 7.79. The number of hydrogen-bond acceptors (Lipinski definition) is 4. The van der Waals surface area contributed by atoms with Crippen molar-refractivity contribution in [3.8, 4) is 11.3 Å². The van der Waals surface area contributed by atoms with Gasteiger partial charge >= 0.3 is 0 Å². The predicted octanol–water partition coefficient (Wildman–Crippen LogP) is 7.32. The molecule has 2 aromatic carbocycles. The van der Waals surface area contributed by atoms with Gasteiger partial charge in [-0.1, -0.05) is 51.1 Å². The molecule has 0 amide bonds. The number of hydrogen-bond donors (Lipinski definition) is 1. The molecule has 0 unspecified atom stereocenters. The van der Waals surface area contributed by atoms with Gasteiger partial charge in [-0.2, -0.15) is 11.8 Å². The number of nitrogens with one attached hydrogen (secondary N) is 1. The van der Waals surface area contributed by atoms with Crippen LogP contribution >= 0.6 is 11.8 Å². The van der Waals surface area contributed by atoms with Crippen molar-refractivity contribution < 1.29 is 9.18 Å². The van der Waals surface area contributed by atoms with Crippen LogP contribution in [0.3, 0.4) is 0 Å². The van der Waals surface area contributed by atoms with E-state index in [-0.39, 0.29) is 23.4 Å². The second-order valence-electron chi connectivity index (χ2n) is 10.4. The Morgan fingerprint density at radius 3 is 2.58 bits per heavy atom. The van der Waals surface area contributed by atoms with Gasteiger partial charge in [0.1, 0.15) is 17.8 Å². The number of Topliss-reactive ketones (excluding diaryl/α,β-unsaturated/α-hetero) is 1. The Balaban J connectivity index is 1.50. The largest absolute Gasteiger partial charge is 0.339 e. The van der Waals surface area contributed by atoms with E-state index >= 15 is 0 Å². The highest BCUT2D eigenvalue weighted by Gasteiger charge is 2.19. The quantitative estimate of drug-likeness (QED) is 0.292. The SMILES string of the molecule is Cc1c(CC(=O)c2ccc(C(C)(C)C)cc2)cc(F)cc1-c1ncnc2[nH]c(C3=CCSCC3)cc12. The average Bonchev–Trinajstić information content (AvgIpc) is 3.31. The molecule has 0 bridgehead atoms. The zero-order chi connectivity index (χ0) is 25.4. The zero-order valence-electron chi connectivity index (χ0n) is 21.1. The van der Waals surface area contributed by atoms with Crippen molar-refractivity contribution in [3.05, 3.63) is 88.6 Å². The van der Waals surface area contributed by atoms with Crippen molar-refractivity contribution in [1.82, 2.24) is 15.0 Å². The lowest BCUT2D eigenvalue weighted by atomic mass is 9.86. The molecule has 6 heteroatoms. The fourth-order valence-electron chi connectivity index (χ4n) is 4.70. The van der Waals surface area contributed by atoms with Gasteiger partial charge in [0, 0.05) is 34.4 Å². The summed E-state index contributed by atoms with van der Waals surface area (Å²) in [7, 11) is 0. The lowest BCUT2D eigenvalue weighted by Gasteiger charge is -2.19. The minimum Gasteiger partial charge on any atom is -0.339 e. The zero-order valence-corrected chi connectivity index (χ0v) is 21.9. The highest BCUT2D eigenvalue weighted by molar-refractivity contribution is 7.99. The molecule has 2 aromatic heterocycles. The van der Waals surface area contributed by atoms with E-state index in [0.717, 1.165) is 40.2 Å². The third-order valence-electron chi connectivity index (χ3n) is 6.89. The fraction of sp³-hybridized carbons (Fsp3) is 0.300. The molecule has 0 radical (unpaired) electrons. The Morgan fingerprint density at radius 1 is 1.11 bits per heavy atom. The number of thioether (sulfide) groups is 1. The molecule has 4 aromatic rings. The number of carbonyl (C=O) groups is 1. The highest BCUT2D eigenvalue weighted by Crippen LogP contribution is 2.34. The monoisotopic (exact) mass is 499 g/mol. The van der Waals surface area contributed by atoms with Gasteiger partial charge in [0.15, 0.2) is 5.78 Å². The molecule has 1 aliphatic heterocycles. The van der Waals surface area contributed by atoms with Gasteiger partial charge in [0.05, 0.1) is 5.69 Å². The summed E-state index contributed by atoms with van der Waals surface area (Å²) < 4.78 is 14.9. The van der Waals surface area contributed by atoms with Crippen LogP contribution < -0.4 is 0 Å². The number of allylic oxidation sites excluding steroid dienone is 1. The summed E-state index contributed by atoms with van der Waals surface area (Å²) in [5.74, 6) is 1.69. The van der Waals surface area contributed by atoms with Gasteiger partial charge in [-0.15, -0.1) is 0 Å². The molecule has 4 nitrogen and oxygen atoms in total. The summed E-state index contributed by atoms with van der Waals surface area (Å²) in [6.45, 7) is 8.36. The van der Waals surface area contributed by atoms with Gasteiger partial charge in [-0.3, -0.25) is 4.79 Å². The maximum Gasteiger partial charge on any atom is 0.167 e. The van der Waals surface area contributed by atoms with Crippen molar-refractivity contribution in [2.45, 2.75) is 46.0 Å². The molecule has 1 N–H and O–H groups in total. The Bertz CT molecular complexity index is 1480. The first kappa shape index (κ1) is 24.4. The number of aromatic nitrogens is 3. The summed E-state index contributed by atoms with van der Waals surface area (Å²) in [6, 6.07) is 12.8. The van der Waals surface area contributed by atoms with E-state index in [1.54, 1.807) is 0 Å². The maximum atomic E-state index is 14.9. The summed E-state index contributed by atoms with van der Waals surface area (Å²) in [6.07, 6.45) is 4.89. The van der Waals surface area contributed by atoms with Gasteiger partial charge in [-0.05, 0) is 65.0 Å². The molecule has 184 valence electrons. The molecule has 36 heavy (non-hydrogen) atoms. The molecule has 1 aliphatic rings. The van der Waals surface area contributed by atoms with Crippen LogP contribution in [0, 0.1) is 12.7 Å². The lowest BCUT2D eigenvalue weighted by Crippen LogP contribution is -2.12. The number of benzene rings is 2. The van der Waals surface area contributed by atoms with Crippen LogP contribution in [-0.4, -0.2) is 32.2 Å². The van der Waals surface area contributed by atoms with Crippen LogP contribution in [0.15, 0.2) is 54.9 Å². The van der Waals surface area contributed by atoms with Gasteiger partial charge in [-0.25, -0.2) is 14.4 Å². The van der Waals surface area contributed by atoms with Crippen LogP contribution in [0.5, 0.6) is 0 Å². The highest BCUT2D eigenvalue weighted by atomic mass is 32.2. The Kier molecular flexibility index (Phi) is 6.56. The Labute approximate surface area is 215 Å². The smallest absolute Gasteiger partial charge is 0.167 e. The van der Waals surface area contributed by atoms with Crippen LogP contribution in [0.2, 0.25) is 0 Å². The molecular formula is C30H30FN3OS. The number of ketones is 1. The maximum absolute atomic E-state index is 14.9. The second-order valence-corrected chi connectivity index (χ2v) is 11.5. The van der Waals surface area contributed by atoms with Crippen molar-refractivity contribution >= 4 is 34.2 Å². The number of fused-ring (bicyclic) bond motifs is 1. The van der Waals surface area contributed by atoms with Crippen molar-refractivity contribution in [2.24, 2.45) is 0 Å². The van der Waals surface area contributed by atoms with Crippen LogP contribution in [0.4, 0.5) is 4.39 Å². The Morgan fingerprint density at radius 2 is 1.89 bits per heavy atom. The number of halogens is 1. The summed E-state index contributed by atoms with van der Waals surface area (Å²) in [4.78, 5) is 25.5. The van der Waals surface area contributed by atoms with Crippen molar-refractivity contribution in [2.75, 3.05) is 11.5 Å². The third kappa shape index (κ3) is 4.87. The normalized spacial score (nSPS) is 14.2. The number of nitrogens with zero attached hydrogens (tertiary/aromatic N) is 2. The molecule has 0 fully saturated rings. The topological polar surface area (TPSA) is 58.6 Å². The predicted molar refractivity (Wildman–Crippen MR) is 147 cm³/mol. The second kappa shape index (κ2) is 9.66. The molecular weight excluding hydrogens is 469 g/mol. The molecule has 5 rings (SSSR count). The number of rotatable bonds is 5. The number of carbonyl (C=O) groups excluding carboxylic acids is 1. The standard InChI is InChI=1S/C30H30FN3OS/c1-18-21(14-27(35)20-5-7-22(8-6-20)30(2,3)4)13-23(31)15-24(18)28-25-16-26(19-9-11-36-12-10-19)34-29(25)33-17-32-28/h5-9,13,15-17H,10-12,14H2,1-4H3,(H,32,33,34). The molecule has 0 saturated heterocycles.